The molecule has 0 heterocycles. The average molecular weight is 258 g/mol. The topological polar surface area (TPSA) is 66.8 Å². The van der Waals surface area contributed by atoms with Crippen LogP contribution in [0.3, 0.4) is 0 Å². The molecule has 0 aliphatic heterocycles. The highest BCUT2D eigenvalue weighted by atomic mass is 16.5. The van der Waals surface area contributed by atoms with Crippen LogP contribution in [0.4, 0.5) is 0 Å². The number of phenolic OH excluding ortho intramolecular Hbond substituents is 2. The van der Waals surface area contributed by atoms with E-state index < -0.39 is 0 Å². The van der Waals surface area contributed by atoms with E-state index >= 15 is 0 Å². The molecule has 0 saturated heterocycles. The third kappa shape index (κ3) is 2.85. The third-order valence-electron chi connectivity index (χ3n) is 2.83. The van der Waals surface area contributed by atoms with Gasteiger partial charge in [-0.3, -0.25) is 4.79 Å². The number of carbonyl (C=O) groups is 1. The molecule has 0 aliphatic rings. The molecule has 4 nitrogen and oxygen atoms in total. The first-order valence-electron chi connectivity index (χ1n) is 5.79. The van der Waals surface area contributed by atoms with Crippen LogP contribution in [0.1, 0.15) is 15.9 Å². The van der Waals surface area contributed by atoms with E-state index in [4.69, 9.17) is 4.74 Å². The van der Waals surface area contributed by atoms with Gasteiger partial charge in [0.25, 0.3) is 0 Å². The van der Waals surface area contributed by atoms with Crippen molar-refractivity contribution in [3.63, 3.8) is 0 Å². The molecule has 2 aromatic carbocycles. The van der Waals surface area contributed by atoms with E-state index in [0.29, 0.717) is 5.75 Å². The first kappa shape index (κ1) is 13.0. The molecule has 19 heavy (non-hydrogen) atoms. The van der Waals surface area contributed by atoms with E-state index in [9.17, 15) is 15.0 Å². The van der Waals surface area contributed by atoms with Gasteiger partial charge < -0.3 is 14.9 Å². The highest BCUT2D eigenvalue weighted by molar-refractivity contribution is 6.00. The fraction of sp³-hybridized carbons (Fsp3) is 0.133. The maximum atomic E-state index is 12.1. The van der Waals surface area contributed by atoms with E-state index in [-0.39, 0.29) is 29.3 Å². The van der Waals surface area contributed by atoms with Gasteiger partial charge in [-0.25, -0.2) is 0 Å². The summed E-state index contributed by atoms with van der Waals surface area (Å²) in [7, 11) is 1.54. The molecule has 0 aromatic heterocycles. The van der Waals surface area contributed by atoms with E-state index in [2.05, 4.69) is 0 Å². The van der Waals surface area contributed by atoms with Crippen molar-refractivity contribution in [1.82, 2.24) is 0 Å². The molecule has 0 bridgehead atoms. The Morgan fingerprint density at radius 2 is 1.89 bits per heavy atom. The number of ether oxygens (including phenoxy) is 1. The first-order chi connectivity index (χ1) is 9.11. The molecule has 2 aromatic rings. The maximum Gasteiger partial charge on any atom is 0.171 e. The molecular weight excluding hydrogens is 244 g/mol. The largest absolute Gasteiger partial charge is 0.508 e. The zero-order chi connectivity index (χ0) is 13.8. The van der Waals surface area contributed by atoms with Gasteiger partial charge in [0.05, 0.1) is 12.7 Å². The zero-order valence-electron chi connectivity index (χ0n) is 10.5. The SMILES string of the molecule is COc1ccccc1CC(=O)c1ccc(O)cc1O. The highest BCUT2D eigenvalue weighted by Gasteiger charge is 2.14. The van der Waals surface area contributed by atoms with Crippen molar-refractivity contribution in [1.29, 1.82) is 0 Å². The summed E-state index contributed by atoms with van der Waals surface area (Å²) >= 11 is 0. The van der Waals surface area contributed by atoms with Gasteiger partial charge in [-0.05, 0) is 18.2 Å². The summed E-state index contributed by atoms with van der Waals surface area (Å²) in [5.74, 6) is 0.0994. The third-order valence-corrected chi connectivity index (χ3v) is 2.83. The van der Waals surface area contributed by atoms with Crippen molar-refractivity contribution in [3.8, 4) is 17.2 Å². The van der Waals surface area contributed by atoms with Gasteiger partial charge in [0.1, 0.15) is 17.2 Å². The predicted octanol–water partition coefficient (Wildman–Crippen LogP) is 2.53. The molecule has 0 unspecified atom stereocenters. The van der Waals surface area contributed by atoms with Crippen LogP contribution in [0.15, 0.2) is 42.5 Å². The molecule has 0 atom stereocenters. The van der Waals surface area contributed by atoms with Crippen LogP contribution in [0.5, 0.6) is 17.2 Å². The van der Waals surface area contributed by atoms with Crippen molar-refractivity contribution < 1.29 is 19.7 Å². The van der Waals surface area contributed by atoms with Crippen molar-refractivity contribution in [3.05, 3.63) is 53.6 Å². The molecule has 0 aliphatic carbocycles. The summed E-state index contributed by atoms with van der Waals surface area (Å²) in [4.78, 5) is 12.1. The molecule has 0 fully saturated rings. The number of Topliss-reactive ketones (excluding diaryl/α,β-unsaturated/α-hetero) is 1. The maximum absolute atomic E-state index is 12.1. The minimum Gasteiger partial charge on any atom is -0.508 e. The van der Waals surface area contributed by atoms with Crippen LogP contribution < -0.4 is 4.74 Å². The zero-order valence-corrected chi connectivity index (χ0v) is 10.5. The highest BCUT2D eigenvalue weighted by Crippen LogP contribution is 2.25. The van der Waals surface area contributed by atoms with E-state index in [1.54, 1.807) is 19.2 Å². The minimum atomic E-state index is -0.234. The number of rotatable bonds is 4. The Kier molecular flexibility index (Phi) is 3.71. The number of para-hydroxylation sites is 1. The monoisotopic (exact) mass is 258 g/mol. The fourth-order valence-electron chi connectivity index (χ4n) is 1.87. The lowest BCUT2D eigenvalue weighted by Gasteiger charge is -2.08. The number of phenols is 2. The second kappa shape index (κ2) is 5.44. The van der Waals surface area contributed by atoms with Crippen molar-refractivity contribution in [2.45, 2.75) is 6.42 Å². The average Bonchev–Trinajstić information content (AvgIpc) is 2.39. The van der Waals surface area contributed by atoms with Gasteiger partial charge in [-0.1, -0.05) is 18.2 Å². The first-order valence-corrected chi connectivity index (χ1v) is 5.79. The quantitative estimate of drug-likeness (QED) is 0.827. The lowest BCUT2D eigenvalue weighted by atomic mass is 10.0. The van der Waals surface area contributed by atoms with Gasteiger partial charge in [0.2, 0.25) is 0 Å². The normalized spacial score (nSPS) is 10.2. The Bertz CT molecular complexity index is 605. The van der Waals surface area contributed by atoms with Crippen LogP contribution in [0.25, 0.3) is 0 Å². The number of hydrogen-bond acceptors (Lipinski definition) is 4. The summed E-state index contributed by atoms with van der Waals surface area (Å²) < 4.78 is 5.18. The summed E-state index contributed by atoms with van der Waals surface area (Å²) in [5.41, 5.74) is 0.936. The van der Waals surface area contributed by atoms with Crippen LogP contribution in [0.2, 0.25) is 0 Å². The van der Waals surface area contributed by atoms with Gasteiger partial charge in [0.15, 0.2) is 5.78 Å². The number of aromatic hydroxyl groups is 2. The number of hydrogen-bond donors (Lipinski definition) is 2. The number of ketones is 1. The van der Waals surface area contributed by atoms with Crippen LogP contribution >= 0.6 is 0 Å². The Balaban J connectivity index is 2.26. The second-order valence-corrected chi connectivity index (χ2v) is 4.11. The smallest absolute Gasteiger partial charge is 0.171 e. The molecule has 98 valence electrons. The summed E-state index contributed by atoms with van der Waals surface area (Å²) in [6.45, 7) is 0. The molecular formula is C15H14O4. The Hall–Kier alpha value is -2.49. The summed E-state index contributed by atoms with van der Waals surface area (Å²) in [6.07, 6.45) is 0.127. The van der Waals surface area contributed by atoms with Crippen molar-refractivity contribution >= 4 is 5.78 Å². The Morgan fingerprint density at radius 1 is 1.16 bits per heavy atom. The van der Waals surface area contributed by atoms with Crippen molar-refractivity contribution in [2.24, 2.45) is 0 Å². The van der Waals surface area contributed by atoms with Crippen LogP contribution in [-0.4, -0.2) is 23.1 Å². The minimum absolute atomic E-state index is 0.0775. The van der Waals surface area contributed by atoms with Crippen LogP contribution in [-0.2, 0) is 6.42 Å². The molecule has 0 amide bonds. The molecule has 0 spiro atoms. The van der Waals surface area contributed by atoms with E-state index in [1.165, 1.54) is 12.1 Å². The molecule has 0 radical (unpaired) electrons. The Morgan fingerprint density at radius 3 is 2.58 bits per heavy atom. The fourth-order valence-corrected chi connectivity index (χ4v) is 1.87. The summed E-state index contributed by atoms with van der Waals surface area (Å²) in [5, 5.41) is 18.9. The van der Waals surface area contributed by atoms with Gasteiger partial charge in [-0.15, -0.1) is 0 Å². The van der Waals surface area contributed by atoms with Crippen LogP contribution in [0, 0.1) is 0 Å². The predicted molar refractivity (Wildman–Crippen MR) is 70.8 cm³/mol. The lowest BCUT2D eigenvalue weighted by molar-refractivity contribution is 0.0989. The lowest BCUT2D eigenvalue weighted by Crippen LogP contribution is -2.05. The second-order valence-electron chi connectivity index (χ2n) is 4.11. The van der Waals surface area contributed by atoms with Crippen molar-refractivity contribution in [2.75, 3.05) is 7.11 Å². The van der Waals surface area contributed by atoms with Gasteiger partial charge in [-0.2, -0.15) is 0 Å². The molecule has 2 rings (SSSR count). The molecule has 2 N–H and O–H groups in total. The van der Waals surface area contributed by atoms with Gasteiger partial charge >= 0.3 is 0 Å². The Labute approximate surface area is 110 Å². The molecule has 4 heteroatoms. The van der Waals surface area contributed by atoms with E-state index in [0.717, 1.165) is 11.6 Å². The van der Waals surface area contributed by atoms with Gasteiger partial charge in [0, 0.05) is 18.1 Å². The molecule has 0 saturated carbocycles. The number of carbonyl (C=O) groups excluding carboxylic acids is 1. The van der Waals surface area contributed by atoms with E-state index in [1.807, 2.05) is 12.1 Å². The summed E-state index contributed by atoms with van der Waals surface area (Å²) in [6, 6.07) is 11.1. The standard InChI is InChI=1S/C15H14O4/c1-19-15-5-3-2-4-10(15)8-13(17)12-7-6-11(16)9-14(12)18/h2-7,9,16,18H,8H2,1H3. The number of methoxy groups -OCH3 is 1. The number of benzene rings is 2.